The van der Waals surface area contributed by atoms with Gasteiger partial charge in [0.1, 0.15) is 5.75 Å². The van der Waals surface area contributed by atoms with Crippen LogP contribution in [0.3, 0.4) is 0 Å². The topological polar surface area (TPSA) is 22.1 Å². The average molecular weight is 151 g/mol. The molecule has 0 bridgehead atoms. The molecule has 2 heteroatoms. The number of aromatic nitrogens is 1. The molecular weight excluding hydrogens is 138 g/mol. The van der Waals surface area contributed by atoms with E-state index in [1.165, 1.54) is 5.56 Å². The highest BCUT2D eigenvalue weighted by atomic mass is 16.5. The Hall–Kier alpha value is -1.05. The minimum absolute atomic E-state index is 0.719. The minimum Gasteiger partial charge on any atom is -0.493 e. The van der Waals surface area contributed by atoms with Crippen LogP contribution < -0.4 is 4.74 Å². The number of hydrogen-bond donors (Lipinski definition) is 0. The lowest BCUT2D eigenvalue weighted by Crippen LogP contribution is -1.95. The van der Waals surface area contributed by atoms with Crippen LogP contribution in [0.15, 0.2) is 18.5 Å². The summed E-state index contributed by atoms with van der Waals surface area (Å²) in [6, 6.07) is 1.91. The van der Waals surface area contributed by atoms with Gasteiger partial charge in [-0.3, -0.25) is 4.98 Å². The first-order valence-corrected chi connectivity index (χ1v) is 3.94. The molecule has 60 valence electrons. The molecule has 0 amide bonds. The third kappa shape index (κ3) is 1.93. The largest absolute Gasteiger partial charge is 0.493 e. The van der Waals surface area contributed by atoms with Gasteiger partial charge in [-0.15, -0.1) is 0 Å². The molecule has 1 heterocycles. The lowest BCUT2D eigenvalue weighted by Gasteiger charge is -2.06. The first kappa shape index (κ1) is 8.05. The second-order valence-corrected chi connectivity index (χ2v) is 2.27. The van der Waals surface area contributed by atoms with Gasteiger partial charge in [-0.05, 0) is 19.4 Å². The van der Waals surface area contributed by atoms with Gasteiger partial charge >= 0.3 is 0 Å². The molecular formula is C9H13NO. The number of pyridine rings is 1. The number of rotatable bonds is 3. The zero-order valence-corrected chi connectivity index (χ0v) is 7.00. The summed E-state index contributed by atoms with van der Waals surface area (Å²) in [5, 5.41) is 0. The smallest absolute Gasteiger partial charge is 0.125 e. The SMILES string of the molecule is CCOc1ccncc1CC. The normalized spacial score (nSPS) is 9.64. The van der Waals surface area contributed by atoms with E-state index in [0.717, 1.165) is 18.8 Å². The van der Waals surface area contributed by atoms with Gasteiger partial charge in [0.25, 0.3) is 0 Å². The molecule has 0 spiro atoms. The predicted octanol–water partition coefficient (Wildman–Crippen LogP) is 2.04. The number of ether oxygens (including phenoxy) is 1. The molecule has 0 saturated carbocycles. The van der Waals surface area contributed by atoms with E-state index in [0.29, 0.717) is 0 Å². The summed E-state index contributed by atoms with van der Waals surface area (Å²) >= 11 is 0. The molecule has 0 unspecified atom stereocenters. The van der Waals surface area contributed by atoms with Crippen molar-refractivity contribution in [2.24, 2.45) is 0 Å². The first-order chi connectivity index (χ1) is 5.38. The van der Waals surface area contributed by atoms with Crippen LogP contribution >= 0.6 is 0 Å². The zero-order chi connectivity index (χ0) is 8.10. The van der Waals surface area contributed by atoms with Crippen molar-refractivity contribution in [2.45, 2.75) is 20.3 Å². The molecule has 0 aliphatic rings. The summed E-state index contributed by atoms with van der Waals surface area (Å²) < 4.78 is 5.39. The highest BCUT2D eigenvalue weighted by Crippen LogP contribution is 2.16. The molecule has 0 fully saturated rings. The second-order valence-electron chi connectivity index (χ2n) is 2.27. The van der Waals surface area contributed by atoms with E-state index in [1.807, 2.05) is 19.2 Å². The fourth-order valence-corrected chi connectivity index (χ4v) is 0.976. The fourth-order valence-electron chi connectivity index (χ4n) is 0.976. The molecule has 11 heavy (non-hydrogen) atoms. The van der Waals surface area contributed by atoms with Crippen molar-refractivity contribution in [3.8, 4) is 5.75 Å². The van der Waals surface area contributed by atoms with Crippen molar-refractivity contribution >= 4 is 0 Å². The molecule has 0 aromatic carbocycles. The molecule has 1 rings (SSSR count). The van der Waals surface area contributed by atoms with Crippen molar-refractivity contribution in [3.05, 3.63) is 24.0 Å². The number of hydrogen-bond acceptors (Lipinski definition) is 2. The van der Waals surface area contributed by atoms with E-state index >= 15 is 0 Å². The van der Waals surface area contributed by atoms with Crippen LogP contribution in [0.25, 0.3) is 0 Å². The molecule has 2 nitrogen and oxygen atoms in total. The molecule has 0 aliphatic heterocycles. The van der Waals surface area contributed by atoms with Crippen LogP contribution in [-0.2, 0) is 6.42 Å². The van der Waals surface area contributed by atoms with Crippen LogP contribution in [0.5, 0.6) is 5.75 Å². The standard InChI is InChI=1S/C9H13NO/c1-3-8-7-10-6-5-9(8)11-4-2/h5-7H,3-4H2,1-2H3. The van der Waals surface area contributed by atoms with E-state index in [1.54, 1.807) is 6.20 Å². The van der Waals surface area contributed by atoms with Gasteiger partial charge in [-0.2, -0.15) is 0 Å². The highest BCUT2D eigenvalue weighted by Gasteiger charge is 1.98. The monoisotopic (exact) mass is 151 g/mol. The summed E-state index contributed by atoms with van der Waals surface area (Å²) in [7, 11) is 0. The van der Waals surface area contributed by atoms with Gasteiger partial charge in [0.05, 0.1) is 6.61 Å². The molecule has 0 radical (unpaired) electrons. The lowest BCUT2D eigenvalue weighted by atomic mass is 10.2. The van der Waals surface area contributed by atoms with Crippen LogP contribution in [0.2, 0.25) is 0 Å². The maximum Gasteiger partial charge on any atom is 0.125 e. The third-order valence-electron chi connectivity index (χ3n) is 1.54. The predicted molar refractivity (Wildman–Crippen MR) is 44.8 cm³/mol. The summed E-state index contributed by atoms with van der Waals surface area (Å²) in [6.07, 6.45) is 4.58. The number of nitrogens with zero attached hydrogens (tertiary/aromatic N) is 1. The van der Waals surface area contributed by atoms with Crippen LogP contribution in [-0.4, -0.2) is 11.6 Å². The molecule has 0 atom stereocenters. The third-order valence-corrected chi connectivity index (χ3v) is 1.54. The van der Waals surface area contributed by atoms with Gasteiger partial charge in [0, 0.05) is 18.0 Å². The summed E-state index contributed by atoms with van der Waals surface area (Å²) in [5.74, 6) is 0.963. The number of aryl methyl sites for hydroxylation is 1. The van der Waals surface area contributed by atoms with Crippen LogP contribution in [0.1, 0.15) is 19.4 Å². The van der Waals surface area contributed by atoms with E-state index in [9.17, 15) is 0 Å². The Morgan fingerprint density at radius 2 is 2.27 bits per heavy atom. The molecule has 0 aliphatic carbocycles. The minimum atomic E-state index is 0.719. The van der Waals surface area contributed by atoms with Crippen LogP contribution in [0.4, 0.5) is 0 Å². The molecule has 0 saturated heterocycles. The lowest BCUT2D eigenvalue weighted by molar-refractivity contribution is 0.336. The van der Waals surface area contributed by atoms with E-state index in [4.69, 9.17) is 4.74 Å². The highest BCUT2D eigenvalue weighted by molar-refractivity contribution is 5.29. The Morgan fingerprint density at radius 3 is 2.91 bits per heavy atom. The Morgan fingerprint density at radius 1 is 1.45 bits per heavy atom. The summed E-state index contributed by atoms with van der Waals surface area (Å²) in [6.45, 7) is 4.80. The van der Waals surface area contributed by atoms with E-state index in [-0.39, 0.29) is 0 Å². The molecule has 0 N–H and O–H groups in total. The Kier molecular flexibility index (Phi) is 2.90. The van der Waals surface area contributed by atoms with Crippen molar-refractivity contribution in [3.63, 3.8) is 0 Å². The molecule has 1 aromatic heterocycles. The van der Waals surface area contributed by atoms with Gasteiger partial charge < -0.3 is 4.74 Å². The Labute approximate surface area is 67.2 Å². The van der Waals surface area contributed by atoms with Gasteiger partial charge in [-0.25, -0.2) is 0 Å². The summed E-state index contributed by atoms with van der Waals surface area (Å²) in [5.41, 5.74) is 1.18. The van der Waals surface area contributed by atoms with Crippen LogP contribution in [0, 0.1) is 0 Å². The average Bonchev–Trinajstić information content (AvgIpc) is 2.06. The Bertz CT molecular complexity index is 223. The maximum absolute atomic E-state index is 5.39. The van der Waals surface area contributed by atoms with Crippen molar-refractivity contribution in [1.82, 2.24) is 4.98 Å². The van der Waals surface area contributed by atoms with Crippen molar-refractivity contribution < 1.29 is 4.74 Å². The fraction of sp³-hybridized carbons (Fsp3) is 0.444. The van der Waals surface area contributed by atoms with Crippen molar-refractivity contribution in [2.75, 3.05) is 6.61 Å². The quantitative estimate of drug-likeness (QED) is 0.659. The zero-order valence-electron chi connectivity index (χ0n) is 7.00. The second kappa shape index (κ2) is 3.96. The van der Waals surface area contributed by atoms with E-state index in [2.05, 4.69) is 11.9 Å². The Balaban J connectivity index is 2.83. The first-order valence-electron chi connectivity index (χ1n) is 3.94. The van der Waals surface area contributed by atoms with E-state index < -0.39 is 0 Å². The van der Waals surface area contributed by atoms with Gasteiger partial charge in [0.15, 0.2) is 0 Å². The van der Waals surface area contributed by atoms with Gasteiger partial charge in [0.2, 0.25) is 0 Å². The van der Waals surface area contributed by atoms with Crippen molar-refractivity contribution in [1.29, 1.82) is 0 Å². The maximum atomic E-state index is 5.39. The molecule has 1 aromatic rings. The van der Waals surface area contributed by atoms with Gasteiger partial charge in [-0.1, -0.05) is 6.92 Å². The summed E-state index contributed by atoms with van der Waals surface area (Å²) in [4.78, 5) is 4.02.